The summed E-state index contributed by atoms with van der Waals surface area (Å²) in [7, 11) is 0. The predicted octanol–water partition coefficient (Wildman–Crippen LogP) is 2.32. The minimum atomic E-state index is -0.451. The molecule has 1 aromatic carbocycles. The van der Waals surface area contributed by atoms with Crippen LogP contribution in [0, 0.1) is 0 Å². The van der Waals surface area contributed by atoms with E-state index in [0.717, 1.165) is 5.25 Å². The van der Waals surface area contributed by atoms with E-state index in [1.54, 1.807) is 12.1 Å². The summed E-state index contributed by atoms with van der Waals surface area (Å²) in [6, 6.07) is 7.22. The van der Waals surface area contributed by atoms with Crippen LogP contribution in [0.1, 0.15) is 23.2 Å². The number of thioether (sulfide) groups is 1. The van der Waals surface area contributed by atoms with Gasteiger partial charge in [0.15, 0.2) is 6.29 Å². The number of aldehydes is 1. The number of benzene rings is 1. The molecule has 1 fully saturated rings. The van der Waals surface area contributed by atoms with E-state index in [2.05, 4.69) is 0 Å². The van der Waals surface area contributed by atoms with Gasteiger partial charge >= 0.3 is 0 Å². The summed E-state index contributed by atoms with van der Waals surface area (Å²) in [5.41, 5.74) is 0.472. The maximum absolute atomic E-state index is 11.0. The highest BCUT2D eigenvalue weighted by molar-refractivity contribution is 8.00. The van der Waals surface area contributed by atoms with Gasteiger partial charge in [0.2, 0.25) is 5.78 Å². The second-order valence-corrected chi connectivity index (χ2v) is 4.70. The van der Waals surface area contributed by atoms with Crippen LogP contribution in [0.5, 0.6) is 0 Å². The first-order valence-electron chi connectivity index (χ1n) is 4.56. The number of hydrogen-bond acceptors (Lipinski definition) is 3. The van der Waals surface area contributed by atoms with Crippen LogP contribution in [0.15, 0.2) is 29.2 Å². The highest BCUT2D eigenvalue weighted by Gasteiger charge is 2.22. The van der Waals surface area contributed by atoms with Crippen molar-refractivity contribution in [2.75, 3.05) is 0 Å². The van der Waals surface area contributed by atoms with Crippen molar-refractivity contribution < 1.29 is 9.59 Å². The third-order valence-electron chi connectivity index (χ3n) is 2.07. The Hall–Kier alpha value is -1.09. The number of carbonyl (C=O) groups is 2. The monoisotopic (exact) mass is 206 g/mol. The van der Waals surface area contributed by atoms with Gasteiger partial charge in [-0.05, 0) is 37.1 Å². The molecule has 0 aromatic heterocycles. The van der Waals surface area contributed by atoms with E-state index in [0.29, 0.717) is 11.8 Å². The van der Waals surface area contributed by atoms with Crippen molar-refractivity contribution in [2.24, 2.45) is 0 Å². The molecule has 0 bridgehead atoms. The van der Waals surface area contributed by atoms with Gasteiger partial charge in [-0.1, -0.05) is 0 Å². The lowest BCUT2D eigenvalue weighted by Crippen LogP contribution is -1.98. The van der Waals surface area contributed by atoms with E-state index in [9.17, 15) is 9.59 Å². The fourth-order valence-electron chi connectivity index (χ4n) is 1.14. The van der Waals surface area contributed by atoms with Crippen LogP contribution in [0.2, 0.25) is 0 Å². The molecule has 1 aliphatic carbocycles. The van der Waals surface area contributed by atoms with E-state index in [1.807, 2.05) is 23.9 Å². The van der Waals surface area contributed by atoms with Crippen LogP contribution in [-0.2, 0) is 4.79 Å². The number of ketones is 1. The van der Waals surface area contributed by atoms with Gasteiger partial charge in [0.25, 0.3) is 0 Å². The first-order chi connectivity index (χ1) is 6.79. The lowest BCUT2D eigenvalue weighted by Gasteiger charge is -1.99. The molecule has 2 rings (SSSR count). The molecule has 14 heavy (non-hydrogen) atoms. The van der Waals surface area contributed by atoms with Gasteiger partial charge in [0.05, 0.1) is 0 Å². The molecule has 0 amide bonds. The van der Waals surface area contributed by atoms with Crippen molar-refractivity contribution in [3.63, 3.8) is 0 Å². The Bertz CT molecular complexity index is 352. The van der Waals surface area contributed by atoms with E-state index in [4.69, 9.17) is 0 Å². The smallest absolute Gasteiger partial charge is 0.225 e. The van der Waals surface area contributed by atoms with Crippen molar-refractivity contribution in [1.29, 1.82) is 0 Å². The fourth-order valence-corrected chi connectivity index (χ4v) is 2.19. The molecule has 1 aromatic rings. The number of Topliss-reactive ketones (excluding diaryl/α,β-unsaturated/α-hetero) is 1. The average Bonchev–Trinajstić information content (AvgIpc) is 3.02. The van der Waals surface area contributed by atoms with E-state index >= 15 is 0 Å². The minimum absolute atomic E-state index is 0.350. The van der Waals surface area contributed by atoms with E-state index < -0.39 is 5.78 Å². The van der Waals surface area contributed by atoms with Crippen molar-refractivity contribution >= 4 is 23.8 Å². The summed E-state index contributed by atoms with van der Waals surface area (Å²) in [5.74, 6) is -0.451. The van der Waals surface area contributed by atoms with Gasteiger partial charge in [-0.2, -0.15) is 0 Å². The number of rotatable bonds is 4. The average molecular weight is 206 g/mol. The molecule has 72 valence electrons. The van der Waals surface area contributed by atoms with Gasteiger partial charge in [-0.25, -0.2) is 0 Å². The molecule has 0 heterocycles. The predicted molar refractivity (Wildman–Crippen MR) is 55.7 cm³/mol. The summed E-state index contributed by atoms with van der Waals surface area (Å²) in [6.07, 6.45) is 2.93. The van der Waals surface area contributed by atoms with Gasteiger partial charge < -0.3 is 0 Å². The van der Waals surface area contributed by atoms with Gasteiger partial charge in [-0.3, -0.25) is 9.59 Å². The third-order valence-corrected chi connectivity index (χ3v) is 3.42. The van der Waals surface area contributed by atoms with Crippen molar-refractivity contribution in [3.8, 4) is 0 Å². The van der Waals surface area contributed by atoms with Crippen LogP contribution in [-0.4, -0.2) is 17.3 Å². The Balaban J connectivity index is 2.08. The largest absolute Gasteiger partial charge is 0.294 e. The third kappa shape index (κ3) is 2.23. The van der Waals surface area contributed by atoms with Crippen molar-refractivity contribution in [2.45, 2.75) is 23.0 Å². The van der Waals surface area contributed by atoms with Crippen molar-refractivity contribution in [1.82, 2.24) is 0 Å². The zero-order valence-corrected chi connectivity index (χ0v) is 8.42. The number of hydrogen-bond donors (Lipinski definition) is 0. The zero-order valence-electron chi connectivity index (χ0n) is 7.60. The Morgan fingerprint density at radius 2 is 1.93 bits per heavy atom. The molecular formula is C11H10O2S. The molecule has 1 aliphatic rings. The van der Waals surface area contributed by atoms with Crippen LogP contribution in [0.4, 0.5) is 0 Å². The first kappa shape index (κ1) is 9.46. The summed E-state index contributed by atoms with van der Waals surface area (Å²) < 4.78 is 0. The van der Waals surface area contributed by atoms with Gasteiger partial charge in [0.1, 0.15) is 0 Å². The quantitative estimate of drug-likeness (QED) is 0.430. The zero-order chi connectivity index (χ0) is 9.97. The molecule has 0 unspecified atom stereocenters. The maximum atomic E-state index is 11.0. The molecule has 0 spiro atoms. The molecule has 0 aliphatic heterocycles. The molecule has 0 radical (unpaired) electrons. The molecule has 0 saturated heterocycles. The normalized spacial score (nSPS) is 15.1. The van der Waals surface area contributed by atoms with Gasteiger partial charge in [0, 0.05) is 15.7 Å². The molecule has 1 saturated carbocycles. The van der Waals surface area contributed by atoms with Crippen LogP contribution < -0.4 is 0 Å². The Labute approximate surface area is 86.7 Å². The SMILES string of the molecule is O=CC(=O)c1ccc(SC2CC2)cc1. The summed E-state index contributed by atoms with van der Waals surface area (Å²) in [4.78, 5) is 22.4. The number of carbonyl (C=O) groups excluding carboxylic acids is 2. The second-order valence-electron chi connectivity index (χ2n) is 3.32. The highest BCUT2D eigenvalue weighted by Crippen LogP contribution is 2.38. The highest BCUT2D eigenvalue weighted by atomic mass is 32.2. The van der Waals surface area contributed by atoms with E-state index in [1.165, 1.54) is 17.7 Å². The second kappa shape index (κ2) is 3.96. The molecule has 2 nitrogen and oxygen atoms in total. The minimum Gasteiger partial charge on any atom is -0.294 e. The lowest BCUT2D eigenvalue weighted by atomic mass is 10.1. The molecular weight excluding hydrogens is 196 g/mol. The standard InChI is InChI=1S/C11H10O2S/c12-7-11(13)8-1-3-9(4-2-8)14-10-5-6-10/h1-4,7,10H,5-6H2. The fraction of sp³-hybridized carbons (Fsp3) is 0.273. The Kier molecular flexibility index (Phi) is 2.68. The first-order valence-corrected chi connectivity index (χ1v) is 5.44. The van der Waals surface area contributed by atoms with Crippen LogP contribution >= 0.6 is 11.8 Å². The Morgan fingerprint density at radius 1 is 1.29 bits per heavy atom. The van der Waals surface area contributed by atoms with Gasteiger partial charge in [-0.15, -0.1) is 11.8 Å². The van der Waals surface area contributed by atoms with Crippen molar-refractivity contribution in [3.05, 3.63) is 29.8 Å². The van der Waals surface area contributed by atoms with Crippen LogP contribution in [0.3, 0.4) is 0 Å². The molecule has 0 N–H and O–H groups in total. The lowest BCUT2D eigenvalue weighted by molar-refractivity contribution is -0.104. The summed E-state index contributed by atoms with van der Waals surface area (Å²) in [6.45, 7) is 0. The molecule has 0 atom stereocenters. The van der Waals surface area contributed by atoms with E-state index in [-0.39, 0.29) is 0 Å². The summed E-state index contributed by atoms with van der Waals surface area (Å²) in [5, 5.41) is 0.766. The topological polar surface area (TPSA) is 34.1 Å². The molecule has 3 heteroatoms. The Morgan fingerprint density at radius 3 is 2.43 bits per heavy atom. The maximum Gasteiger partial charge on any atom is 0.225 e. The van der Waals surface area contributed by atoms with Crippen LogP contribution in [0.25, 0.3) is 0 Å². The summed E-state index contributed by atoms with van der Waals surface area (Å²) >= 11 is 1.84.